The fourth-order valence-electron chi connectivity index (χ4n) is 4.82. The second kappa shape index (κ2) is 7.00. The summed E-state index contributed by atoms with van der Waals surface area (Å²) in [5, 5.41) is 6.53. The van der Waals surface area contributed by atoms with Gasteiger partial charge in [-0.3, -0.25) is 9.59 Å². The molecule has 1 aromatic heterocycles. The molecule has 2 bridgehead atoms. The van der Waals surface area contributed by atoms with Gasteiger partial charge in [-0.05, 0) is 70.6 Å². The van der Waals surface area contributed by atoms with Gasteiger partial charge in [0.2, 0.25) is 0 Å². The zero-order valence-corrected chi connectivity index (χ0v) is 16.4. The molecule has 2 aliphatic carbocycles. The molecule has 146 valence electrons. The highest BCUT2D eigenvalue weighted by molar-refractivity contribution is 5.95. The van der Waals surface area contributed by atoms with Crippen LogP contribution in [-0.2, 0) is 0 Å². The fraction of sp³-hybridized carbons (Fsp3) is 0.455. The SMILES string of the molecule is Cc1cccc(C(=O)NC23CCCC(NC(=O)c4ccnc(C)n4)(CC2)C3)c1. The Balaban J connectivity index is 1.48. The number of fused-ring (bicyclic) bond motifs is 2. The number of hydrogen-bond donors (Lipinski definition) is 2. The van der Waals surface area contributed by atoms with E-state index >= 15 is 0 Å². The molecule has 28 heavy (non-hydrogen) atoms. The number of amides is 2. The van der Waals surface area contributed by atoms with Crippen molar-refractivity contribution in [3.63, 3.8) is 0 Å². The Morgan fingerprint density at radius 1 is 0.964 bits per heavy atom. The predicted octanol–water partition coefficient (Wildman–Crippen LogP) is 3.10. The molecule has 0 aliphatic heterocycles. The number of nitrogens with zero attached hydrogens (tertiary/aromatic N) is 2. The summed E-state index contributed by atoms with van der Waals surface area (Å²) in [6, 6.07) is 9.30. The Morgan fingerprint density at radius 3 is 2.36 bits per heavy atom. The van der Waals surface area contributed by atoms with Crippen molar-refractivity contribution in [2.75, 3.05) is 0 Å². The lowest BCUT2D eigenvalue weighted by molar-refractivity contribution is 0.0829. The first kappa shape index (κ1) is 18.6. The summed E-state index contributed by atoms with van der Waals surface area (Å²) in [6.45, 7) is 3.76. The molecule has 2 unspecified atom stereocenters. The molecule has 2 N–H and O–H groups in total. The standard InChI is InChI=1S/C22H26N4O2/c1-15-5-3-6-17(13-15)19(27)25-21-8-4-9-22(14-21,11-10-21)26-20(28)18-7-12-23-16(2)24-18/h3,5-7,12-13H,4,8-11,14H2,1-2H3,(H,25,27)(H,26,28). The first-order chi connectivity index (χ1) is 13.4. The third-order valence-electron chi connectivity index (χ3n) is 6.12. The molecular weight excluding hydrogens is 352 g/mol. The molecule has 0 saturated heterocycles. The number of hydrogen-bond acceptors (Lipinski definition) is 4. The first-order valence-electron chi connectivity index (χ1n) is 9.90. The van der Waals surface area contributed by atoms with Gasteiger partial charge in [0.05, 0.1) is 0 Å². The van der Waals surface area contributed by atoms with E-state index in [2.05, 4.69) is 20.6 Å². The van der Waals surface area contributed by atoms with E-state index in [9.17, 15) is 9.59 Å². The second-order valence-corrected chi connectivity index (χ2v) is 8.36. The monoisotopic (exact) mass is 378 g/mol. The minimum absolute atomic E-state index is 0.0286. The van der Waals surface area contributed by atoms with Crippen molar-refractivity contribution in [2.45, 2.75) is 63.5 Å². The molecule has 6 heteroatoms. The van der Waals surface area contributed by atoms with E-state index < -0.39 is 0 Å². The topological polar surface area (TPSA) is 84.0 Å². The van der Waals surface area contributed by atoms with Gasteiger partial charge in [-0.2, -0.15) is 0 Å². The number of aryl methyl sites for hydroxylation is 2. The number of carbonyl (C=O) groups is 2. The first-order valence-corrected chi connectivity index (χ1v) is 9.90. The number of aromatic nitrogens is 2. The van der Waals surface area contributed by atoms with Crippen LogP contribution in [0.3, 0.4) is 0 Å². The molecule has 2 aliphatic rings. The van der Waals surface area contributed by atoms with E-state index in [1.807, 2.05) is 31.2 Å². The molecular formula is C22H26N4O2. The summed E-state index contributed by atoms with van der Waals surface area (Å²) in [4.78, 5) is 33.9. The van der Waals surface area contributed by atoms with E-state index in [1.165, 1.54) is 0 Å². The highest BCUT2D eigenvalue weighted by Gasteiger charge is 2.52. The fourth-order valence-corrected chi connectivity index (χ4v) is 4.82. The van der Waals surface area contributed by atoms with Crippen LogP contribution in [0.25, 0.3) is 0 Å². The maximum atomic E-state index is 12.8. The normalized spacial score (nSPS) is 25.9. The number of carbonyl (C=O) groups excluding carboxylic acids is 2. The zero-order valence-electron chi connectivity index (χ0n) is 16.4. The van der Waals surface area contributed by atoms with Crippen LogP contribution in [-0.4, -0.2) is 32.9 Å². The third kappa shape index (κ3) is 3.63. The van der Waals surface area contributed by atoms with Crippen molar-refractivity contribution in [1.29, 1.82) is 0 Å². The summed E-state index contributed by atoms with van der Waals surface area (Å²) in [5.74, 6) is 0.396. The molecule has 1 aromatic carbocycles. The third-order valence-corrected chi connectivity index (χ3v) is 6.12. The van der Waals surface area contributed by atoms with E-state index in [1.54, 1.807) is 19.2 Å². The quantitative estimate of drug-likeness (QED) is 0.856. The Morgan fingerprint density at radius 2 is 1.68 bits per heavy atom. The van der Waals surface area contributed by atoms with Crippen LogP contribution in [0.5, 0.6) is 0 Å². The van der Waals surface area contributed by atoms with Gasteiger partial charge in [0.25, 0.3) is 11.8 Å². The highest BCUT2D eigenvalue weighted by atomic mass is 16.2. The maximum absolute atomic E-state index is 12.8. The molecule has 6 nitrogen and oxygen atoms in total. The lowest BCUT2D eigenvalue weighted by atomic mass is 9.78. The molecule has 2 saturated carbocycles. The average Bonchev–Trinajstić information content (AvgIpc) is 2.91. The molecule has 0 spiro atoms. The van der Waals surface area contributed by atoms with E-state index in [0.717, 1.165) is 44.1 Å². The average molecular weight is 378 g/mol. The Bertz CT molecular complexity index is 855. The van der Waals surface area contributed by atoms with Crippen LogP contribution >= 0.6 is 0 Å². The Labute approximate surface area is 165 Å². The van der Waals surface area contributed by atoms with E-state index in [4.69, 9.17) is 0 Å². The number of rotatable bonds is 4. The van der Waals surface area contributed by atoms with Crippen molar-refractivity contribution in [2.24, 2.45) is 0 Å². The van der Waals surface area contributed by atoms with Crippen LogP contribution < -0.4 is 10.6 Å². The van der Waals surface area contributed by atoms with Gasteiger partial charge in [-0.1, -0.05) is 17.7 Å². The van der Waals surface area contributed by atoms with Crippen molar-refractivity contribution in [3.8, 4) is 0 Å². The summed E-state index contributed by atoms with van der Waals surface area (Å²) in [7, 11) is 0. The van der Waals surface area contributed by atoms with Gasteiger partial charge in [-0.15, -0.1) is 0 Å². The Kier molecular flexibility index (Phi) is 4.65. The number of nitrogens with one attached hydrogen (secondary N) is 2. The molecule has 2 fully saturated rings. The highest BCUT2D eigenvalue weighted by Crippen LogP contribution is 2.48. The van der Waals surface area contributed by atoms with Gasteiger partial charge in [0.1, 0.15) is 11.5 Å². The maximum Gasteiger partial charge on any atom is 0.270 e. The molecule has 2 aromatic rings. The van der Waals surface area contributed by atoms with E-state index in [-0.39, 0.29) is 22.9 Å². The van der Waals surface area contributed by atoms with Gasteiger partial charge in [0.15, 0.2) is 0 Å². The van der Waals surface area contributed by atoms with Crippen molar-refractivity contribution >= 4 is 11.8 Å². The molecule has 1 heterocycles. The summed E-state index contributed by atoms with van der Waals surface area (Å²) < 4.78 is 0. The summed E-state index contributed by atoms with van der Waals surface area (Å²) in [6.07, 6.45) is 7.01. The van der Waals surface area contributed by atoms with Crippen LogP contribution in [0.1, 0.15) is 70.8 Å². The van der Waals surface area contributed by atoms with Gasteiger partial charge >= 0.3 is 0 Å². The smallest absolute Gasteiger partial charge is 0.270 e. The van der Waals surface area contributed by atoms with Crippen LogP contribution in [0.4, 0.5) is 0 Å². The van der Waals surface area contributed by atoms with Gasteiger partial charge in [-0.25, -0.2) is 9.97 Å². The largest absolute Gasteiger partial charge is 0.347 e. The summed E-state index contributed by atoms with van der Waals surface area (Å²) >= 11 is 0. The van der Waals surface area contributed by atoms with Crippen LogP contribution in [0.2, 0.25) is 0 Å². The molecule has 4 rings (SSSR count). The molecule has 2 atom stereocenters. The lowest BCUT2D eigenvalue weighted by Crippen LogP contribution is -2.55. The zero-order chi connectivity index (χ0) is 19.8. The van der Waals surface area contributed by atoms with Crippen LogP contribution in [0, 0.1) is 13.8 Å². The molecule has 2 amide bonds. The van der Waals surface area contributed by atoms with Gasteiger partial charge < -0.3 is 10.6 Å². The summed E-state index contributed by atoms with van der Waals surface area (Å²) in [5.41, 5.74) is 1.65. The van der Waals surface area contributed by atoms with Crippen molar-refractivity contribution < 1.29 is 9.59 Å². The molecule has 0 radical (unpaired) electrons. The minimum Gasteiger partial charge on any atom is -0.347 e. The lowest BCUT2D eigenvalue weighted by Gasteiger charge is -2.40. The van der Waals surface area contributed by atoms with Crippen LogP contribution in [0.15, 0.2) is 36.5 Å². The minimum atomic E-state index is -0.270. The second-order valence-electron chi connectivity index (χ2n) is 8.36. The van der Waals surface area contributed by atoms with Crippen molar-refractivity contribution in [1.82, 2.24) is 20.6 Å². The van der Waals surface area contributed by atoms with E-state index in [0.29, 0.717) is 17.1 Å². The van der Waals surface area contributed by atoms with Gasteiger partial charge in [0, 0.05) is 22.8 Å². The van der Waals surface area contributed by atoms with Crippen molar-refractivity contribution in [3.05, 3.63) is 59.2 Å². The number of benzene rings is 1. The Hall–Kier alpha value is -2.76. The predicted molar refractivity (Wildman–Crippen MR) is 106 cm³/mol.